The standard InChI is InChI=1S/C18H18N2O2/c21-17-16(12-7-13-19-17)20(15-10-5-2-6-11-15)18(22)14-8-3-1-4-9-14/h1-6,8-11,16H,7,12-13H2,(H,19,21). The van der Waals surface area contributed by atoms with E-state index in [1.54, 1.807) is 17.0 Å². The summed E-state index contributed by atoms with van der Waals surface area (Å²) in [5.41, 5.74) is 1.34. The minimum Gasteiger partial charge on any atom is -0.354 e. The van der Waals surface area contributed by atoms with Crippen LogP contribution >= 0.6 is 0 Å². The zero-order valence-electron chi connectivity index (χ0n) is 12.2. The van der Waals surface area contributed by atoms with Gasteiger partial charge in [0.25, 0.3) is 5.91 Å². The smallest absolute Gasteiger partial charge is 0.259 e. The Kier molecular flexibility index (Phi) is 4.19. The number of nitrogens with one attached hydrogen (secondary N) is 1. The number of carbonyl (C=O) groups excluding carboxylic acids is 2. The second-order valence-electron chi connectivity index (χ2n) is 5.33. The minimum absolute atomic E-state index is 0.0839. The highest BCUT2D eigenvalue weighted by molar-refractivity contribution is 6.09. The van der Waals surface area contributed by atoms with Gasteiger partial charge in [-0.3, -0.25) is 14.5 Å². The molecule has 0 aromatic heterocycles. The predicted octanol–water partition coefficient (Wildman–Crippen LogP) is 2.61. The molecule has 2 aromatic rings. The normalized spacial score (nSPS) is 17.6. The van der Waals surface area contributed by atoms with E-state index in [0.29, 0.717) is 18.5 Å². The van der Waals surface area contributed by atoms with Crippen LogP contribution in [0.1, 0.15) is 23.2 Å². The molecule has 2 aromatic carbocycles. The number of carbonyl (C=O) groups is 2. The molecule has 112 valence electrons. The highest BCUT2D eigenvalue weighted by atomic mass is 16.2. The third-order valence-electron chi connectivity index (χ3n) is 3.84. The number of benzene rings is 2. The number of rotatable bonds is 3. The lowest BCUT2D eigenvalue weighted by Gasteiger charge is -2.33. The van der Waals surface area contributed by atoms with Gasteiger partial charge in [-0.15, -0.1) is 0 Å². The molecule has 2 amide bonds. The summed E-state index contributed by atoms with van der Waals surface area (Å²) >= 11 is 0. The highest BCUT2D eigenvalue weighted by Gasteiger charge is 2.33. The fraction of sp³-hybridized carbons (Fsp3) is 0.222. The molecule has 1 aliphatic heterocycles. The Morgan fingerprint density at radius 3 is 2.27 bits per heavy atom. The average Bonchev–Trinajstić information content (AvgIpc) is 2.58. The number of anilines is 1. The van der Waals surface area contributed by atoms with E-state index >= 15 is 0 Å². The van der Waals surface area contributed by atoms with Crippen LogP contribution in [0.25, 0.3) is 0 Å². The van der Waals surface area contributed by atoms with Gasteiger partial charge in [0.15, 0.2) is 0 Å². The largest absolute Gasteiger partial charge is 0.354 e. The molecule has 1 unspecified atom stereocenters. The molecule has 0 bridgehead atoms. The second kappa shape index (κ2) is 6.43. The summed E-state index contributed by atoms with van der Waals surface area (Å²) < 4.78 is 0. The monoisotopic (exact) mass is 294 g/mol. The van der Waals surface area contributed by atoms with Crippen LogP contribution in [0.3, 0.4) is 0 Å². The fourth-order valence-corrected chi connectivity index (χ4v) is 2.75. The van der Waals surface area contributed by atoms with Crippen molar-refractivity contribution < 1.29 is 9.59 Å². The van der Waals surface area contributed by atoms with Gasteiger partial charge in [-0.05, 0) is 37.1 Å². The van der Waals surface area contributed by atoms with E-state index in [0.717, 1.165) is 12.1 Å². The zero-order valence-corrected chi connectivity index (χ0v) is 12.2. The molecule has 1 fully saturated rings. The number of hydrogen-bond donors (Lipinski definition) is 1. The van der Waals surface area contributed by atoms with Crippen LogP contribution in [0, 0.1) is 0 Å². The van der Waals surface area contributed by atoms with Crippen LogP contribution in [0.15, 0.2) is 60.7 Å². The maximum atomic E-state index is 12.9. The molecular weight excluding hydrogens is 276 g/mol. The maximum Gasteiger partial charge on any atom is 0.259 e. The zero-order chi connectivity index (χ0) is 15.4. The van der Waals surface area contributed by atoms with Crippen molar-refractivity contribution in [2.24, 2.45) is 0 Å². The Bertz CT molecular complexity index is 655. The van der Waals surface area contributed by atoms with Crippen LogP contribution < -0.4 is 10.2 Å². The molecule has 0 aliphatic carbocycles. The molecule has 1 aliphatic rings. The molecule has 1 atom stereocenters. The molecule has 0 radical (unpaired) electrons. The van der Waals surface area contributed by atoms with Gasteiger partial charge in [-0.1, -0.05) is 36.4 Å². The lowest BCUT2D eigenvalue weighted by molar-refractivity contribution is -0.123. The van der Waals surface area contributed by atoms with Gasteiger partial charge in [0.2, 0.25) is 5.91 Å². The Morgan fingerprint density at radius 1 is 1.00 bits per heavy atom. The van der Waals surface area contributed by atoms with Crippen molar-refractivity contribution in [2.75, 3.05) is 11.4 Å². The summed E-state index contributed by atoms with van der Waals surface area (Å²) in [6, 6.07) is 18.0. The number of para-hydroxylation sites is 1. The highest BCUT2D eigenvalue weighted by Crippen LogP contribution is 2.23. The second-order valence-corrected chi connectivity index (χ2v) is 5.33. The van der Waals surface area contributed by atoms with Gasteiger partial charge < -0.3 is 5.32 Å². The van der Waals surface area contributed by atoms with Crippen molar-refractivity contribution in [3.05, 3.63) is 66.2 Å². The van der Waals surface area contributed by atoms with Gasteiger partial charge in [0, 0.05) is 17.8 Å². The summed E-state index contributed by atoms with van der Waals surface area (Å²) in [5.74, 6) is -0.228. The molecule has 3 rings (SSSR count). The molecule has 0 saturated carbocycles. The van der Waals surface area contributed by atoms with E-state index in [-0.39, 0.29) is 11.8 Å². The van der Waals surface area contributed by atoms with Crippen LogP contribution in [-0.2, 0) is 4.79 Å². The Hall–Kier alpha value is -2.62. The van der Waals surface area contributed by atoms with E-state index in [2.05, 4.69) is 5.32 Å². The van der Waals surface area contributed by atoms with Crippen LogP contribution in [-0.4, -0.2) is 24.4 Å². The number of piperidine rings is 1. The van der Waals surface area contributed by atoms with Gasteiger partial charge in [0.1, 0.15) is 6.04 Å². The Labute approximate surface area is 129 Å². The average molecular weight is 294 g/mol. The molecule has 22 heavy (non-hydrogen) atoms. The molecule has 0 spiro atoms. The summed E-state index contributed by atoms with van der Waals surface area (Å²) in [6.07, 6.45) is 1.56. The lowest BCUT2D eigenvalue weighted by atomic mass is 10.0. The van der Waals surface area contributed by atoms with Crippen molar-refractivity contribution in [2.45, 2.75) is 18.9 Å². The summed E-state index contributed by atoms with van der Waals surface area (Å²) in [6.45, 7) is 0.678. The quantitative estimate of drug-likeness (QED) is 0.946. The molecule has 1 N–H and O–H groups in total. The van der Waals surface area contributed by atoms with Gasteiger partial charge in [-0.2, -0.15) is 0 Å². The first kappa shape index (κ1) is 14.3. The summed E-state index contributed by atoms with van der Waals surface area (Å²) in [7, 11) is 0. The molecule has 1 saturated heterocycles. The van der Waals surface area contributed by atoms with Crippen molar-refractivity contribution in [1.82, 2.24) is 5.32 Å². The van der Waals surface area contributed by atoms with Crippen molar-refractivity contribution >= 4 is 17.5 Å². The minimum atomic E-state index is -0.455. The van der Waals surface area contributed by atoms with E-state index in [9.17, 15) is 9.59 Å². The van der Waals surface area contributed by atoms with E-state index in [1.165, 1.54) is 0 Å². The van der Waals surface area contributed by atoms with E-state index in [4.69, 9.17) is 0 Å². The first-order valence-electron chi connectivity index (χ1n) is 7.49. The van der Waals surface area contributed by atoms with Crippen molar-refractivity contribution in [3.8, 4) is 0 Å². The SMILES string of the molecule is O=C1NCCCC1N(C(=O)c1ccccc1)c1ccccc1. The topological polar surface area (TPSA) is 49.4 Å². The Balaban J connectivity index is 1.99. The van der Waals surface area contributed by atoms with Gasteiger partial charge in [-0.25, -0.2) is 0 Å². The van der Waals surface area contributed by atoms with E-state index < -0.39 is 6.04 Å². The first-order valence-corrected chi connectivity index (χ1v) is 7.49. The molecule has 4 nitrogen and oxygen atoms in total. The summed E-state index contributed by atoms with van der Waals surface area (Å²) in [4.78, 5) is 26.8. The molecule has 1 heterocycles. The third kappa shape index (κ3) is 2.86. The summed E-state index contributed by atoms with van der Waals surface area (Å²) in [5, 5.41) is 2.86. The van der Waals surface area contributed by atoms with Crippen LogP contribution in [0.2, 0.25) is 0 Å². The predicted molar refractivity (Wildman–Crippen MR) is 85.7 cm³/mol. The van der Waals surface area contributed by atoms with E-state index in [1.807, 2.05) is 48.5 Å². The number of amides is 2. The first-order chi connectivity index (χ1) is 10.8. The van der Waals surface area contributed by atoms with Crippen molar-refractivity contribution in [3.63, 3.8) is 0 Å². The number of nitrogens with zero attached hydrogens (tertiary/aromatic N) is 1. The maximum absolute atomic E-state index is 12.9. The van der Waals surface area contributed by atoms with Crippen LogP contribution in [0.4, 0.5) is 5.69 Å². The Morgan fingerprint density at radius 2 is 1.64 bits per heavy atom. The van der Waals surface area contributed by atoms with Gasteiger partial charge >= 0.3 is 0 Å². The molecular formula is C18H18N2O2. The molecule has 4 heteroatoms. The number of hydrogen-bond acceptors (Lipinski definition) is 2. The van der Waals surface area contributed by atoms with Gasteiger partial charge in [0.05, 0.1) is 0 Å². The van der Waals surface area contributed by atoms with Crippen LogP contribution in [0.5, 0.6) is 0 Å². The van der Waals surface area contributed by atoms with Crippen molar-refractivity contribution in [1.29, 1.82) is 0 Å². The third-order valence-corrected chi connectivity index (χ3v) is 3.84. The lowest BCUT2D eigenvalue weighted by Crippen LogP contribution is -2.53. The fourth-order valence-electron chi connectivity index (χ4n) is 2.75.